The summed E-state index contributed by atoms with van der Waals surface area (Å²) in [7, 11) is 0. The number of hydrogen-bond acceptors (Lipinski definition) is 4. The molecule has 6 nitrogen and oxygen atoms in total. The highest BCUT2D eigenvalue weighted by atomic mass is 16.5. The number of benzene rings is 1. The van der Waals surface area contributed by atoms with E-state index in [2.05, 4.69) is 16.3 Å². The molecule has 6 heteroatoms. The second-order valence-electron chi connectivity index (χ2n) is 7.62. The Balaban J connectivity index is 1.81. The maximum Gasteiger partial charge on any atom is 0.239 e. The van der Waals surface area contributed by atoms with Gasteiger partial charge in [0.25, 0.3) is 0 Å². The van der Waals surface area contributed by atoms with Gasteiger partial charge in [-0.15, -0.1) is 0 Å². The van der Waals surface area contributed by atoms with Crippen molar-refractivity contribution in [1.29, 1.82) is 5.26 Å². The van der Waals surface area contributed by atoms with Gasteiger partial charge in [-0.2, -0.15) is 5.26 Å². The molecule has 0 bridgehead atoms. The molecular formula is C22H28N4O2. The van der Waals surface area contributed by atoms with Crippen LogP contribution in [0.2, 0.25) is 0 Å². The van der Waals surface area contributed by atoms with Crippen LogP contribution >= 0.6 is 0 Å². The number of nitrogens with zero attached hydrogens (tertiary/aromatic N) is 3. The summed E-state index contributed by atoms with van der Waals surface area (Å²) in [5, 5.41) is 12.7. The number of morpholine rings is 1. The molecule has 1 saturated heterocycles. The summed E-state index contributed by atoms with van der Waals surface area (Å²) >= 11 is 0. The Bertz CT molecular complexity index is 872. The molecule has 2 atom stereocenters. The predicted octanol–water partition coefficient (Wildman–Crippen LogP) is 3.07. The number of rotatable bonds is 5. The fourth-order valence-corrected chi connectivity index (χ4v) is 3.88. The Labute approximate surface area is 166 Å². The highest BCUT2D eigenvalue weighted by Gasteiger charge is 2.25. The lowest BCUT2D eigenvalue weighted by molar-refractivity contribution is -0.121. The Morgan fingerprint density at radius 1 is 1.21 bits per heavy atom. The zero-order chi connectivity index (χ0) is 20.3. The van der Waals surface area contributed by atoms with E-state index < -0.39 is 0 Å². The van der Waals surface area contributed by atoms with E-state index in [4.69, 9.17) is 4.74 Å². The molecule has 0 saturated carbocycles. The Kier molecular flexibility index (Phi) is 6.18. The van der Waals surface area contributed by atoms with Gasteiger partial charge in [0.1, 0.15) is 11.9 Å². The van der Waals surface area contributed by atoms with E-state index in [1.54, 1.807) is 0 Å². The number of nitriles is 1. The number of aromatic nitrogens is 1. The summed E-state index contributed by atoms with van der Waals surface area (Å²) in [6.45, 7) is 10.3. The van der Waals surface area contributed by atoms with Gasteiger partial charge in [-0.3, -0.25) is 9.69 Å². The zero-order valence-corrected chi connectivity index (χ0v) is 17.0. The van der Waals surface area contributed by atoms with Crippen molar-refractivity contribution in [2.75, 3.05) is 25.0 Å². The molecule has 0 spiro atoms. The fourth-order valence-electron chi connectivity index (χ4n) is 3.88. The van der Waals surface area contributed by atoms with Crippen LogP contribution in [0.1, 0.15) is 36.2 Å². The van der Waals surface area contributed by atoms with Crippen LogP contribution in [0.5, 0.6) is 0 Å². The van der Waals surface area contributed by atoms with Crippen molar-refractivity contribution >= 4 is 11.7 Å². The molecule has 1 N–H and O–H groups in total. The first kappa shape index (κ1) is 20.1. The van der Waals surface area contributed by atoms with E-state index >= 15 is 0 Å². The molecule has 1 amide bonds. The van der Waals surface area contributed by atoms with Crippen LogP contribution in [0, 0.1) is 25.2 Å². The minimum absolute atomic E-state index is 0.107. The second-order valence-corrected chi connectivity index (χ2v) is 7.62. The van der Waals surface area contributed by atoms with E-state index in [1.807, 2.05) is 62.6 Å². The van der Waals surface area contributed by atoms with Gasteiger partial charge in [-0.25, -0.2) is 0 Å². The van der Waals surface area contributed by atoms with Crippen LogP contribution in [0.15, 0.2) is 30.3 Å². The monoisotopic (exact) mass is 380 g/mol. The molecule has 2 heterocycles. The van der Waals surface area contributed by atoms with Crippen molar-refractivity contribution in [1.82, 2.24) is 9.47 Å². The van der Waals surface area contributed by atoms with Crippen LogP contribution in [0.3, 0.4) is 0 Å². The van der Waals surface area contributed by atoms with E-state index in [9.17, 15) is 10.1 Å². The maximum absolute atomic E-state index is 12.8. The lowest BCUT2D eigenvalue weighted by atomic mass is 10.2. The standard InChI is InChI=1S/C22H28N4O2/c1-15-11-25(12-16(2)28-15)14-21(27)24-22-20(10-23)17(3)18(4)26(22)13-19-8-6-5-7-9-19/h5-9,15-16H,11-14H2,1-4H3,(H,24,27)/t15-,16+. The van der Waals surface area contributed by atoms with Gasteiger partial charge in [0, 0.05) is 25.3 Å². The smallest absolute Gasteiger partial charge is 0.239 e. The average molecular weight is 380 g/mol. The van der Waals surface area contributed by atoms with Crippen molar-refractivity contribution in [3.63, 3.8) is 0 Å². The average Bonchev–Trinajstić information content (AvgIpc) is 2.85. The van der Waals surface area contributed by atoms with Gasteiger partial charge >= 0.3 is 0 Å². The number of amides is 1. The summed E-state index contributed by atoms with van der Waals surface area (Å²) in [4.78, 5) is 14.9. The lowest BCUT2D eigenvalue weighted by Crippen LogP contribution is -2.48. The molecule has 1 aromatic carbocycles. The number of hydrogen-bond donors (Lipinski definition) is 1. The first-order valence-electron chi connectivity index (χ1n) is 9.70. The summed E-state index contributed by atoms with van der Waals surface area (Å²) in [5.41, 5.74) is 3.55. The molecule has 148 valence electrons. The van der Waals surface area contributed by atoms with Gasteiger partial charge in [-0.05, 0) is 38.8 Å². The Morgan fingerprint density at radius 3 is 2.46 bits per heavy atom. The van der Waals surface area contributed by atoms with Crippen LogP contribution < -0.4 is 5.32 Å². The van der Waals surface area contributed by atoms with Gasteiger partial charge in [0.05, 0.1) is 24.3 Å². The van der Waals surface area contributed by atoms with Crippen molar-refractivity contribution in [2.24, 2.45) is 0 Å². The third kappa shape index (κ3) is 4.44. The molecule has 2 aromatic rings. The number of ether oxygens (including phenoxy) is 1. The molecule has 1 aliphatic heterocycles. The van der Waals surface area contributed by atoms with Gasteiger partial charge in [0.15, 0.2) is 0 Å². The fraction of sp³-hybridized carbons (Fsp3) is 0.455. The Morgan fingerprint density at radius 2 is 1.86 bits per heavy atom. The van der Waals surface area contributed by atoms with Crippen molar-refractivity contribution in [2.45, 2.75) is 46.4 Å². The highest BCUT2D eigenvalue weighted by molar-refractivity contribution is 5.93. The minimum atomic E-state index is -0.107. The third-order valence-corrected chi connectivity index (χ3v) is 5.24. The maximum atomic E-state index is 12.8. The first-order chi connectivity index (χ1) is 13.4. The van der Waals surface area contributed by atoms with Gasteiger partial charge in [-0.1, -0.05) is 30.3 Å². The van der Waals surface area contributed by atoms with Crippen molar-refractivity contribution < 1.29 is 9.53 Å². The second kappa shape index (κ2) is 8.59. The van der Waals surface area contributed by atoms with Crippen LogP contribution in [0.25, 0.3) is 0 Å². The van der Waals surface area contributed by atoms with Crippen molar-refractivity contribution in [3.05, 3.63) is 52.7 Å². The quantitative estimate of drug-likeness (QED) is 0.865. The van der Waals surface area contributed by atoms with Crippen LogP contribution in [-0.2, 0) is 16.1 Å². The predicted molar refractivity (Wildman–Crippen MR) is 109 cm³/mol. The van der Waals surface area contributed by atoms with E-state index in [0.29, 0.717) is 17.9 Å². The van der Waals surface area contributed by atoms with Crippen LogP contribution in [-0.4, -0.2) is 47.2 Å². The molecule has 3 rings (SSSR count). The number of carbonyl (C=O) groups excluding carboxylic acids is 1. The lowest BCUT2D eigenvalue weighted by Gasteiger charge is -2.34. The molecule has 0 radical (unpaired) electrons. The number of nitrogens with one attached hydrogen (secondary N) is 1. The molecule has 0 aliphatic carbocycles. The van der Waals surface area contributed by atoms with Gasteiger partial charge < -0.3 is 14.6 Å². The van der Waals surface area contributed by atoms with Crippen LogP contribution in [0.4, 0.5) is 5.82 Å². The van der Waals surface area contributed by atoms with Gasteiger partial charge in [0.2, 0.25) is 5.91 Å². The normalized spacial score (nSPS) is 20.0. The molecular weight excluding hydrogens is 352 g/mol. The summed E-state index contributed by atoms with van der Waals surface area (Å²) in [6.07, 6.45) is 0.218. The summed E-state index contributed by atoms with van der Waals surface area (Å²) in [6, 6.07) is 12.3. The SMILES string of the molecule is Cc1c(C#N)c(NC(=O)CN2C[C@@H](C)O[C@@H](C)C2)n(Cc2ccccc2)c1C. The summed E-state index contributed by atoms with van der Waals surface area (Å²) < 4.78 is 7.76. The first-order valence-corrected chi connectivity index (χ1v) is 9.70. The summed E-state index contributed by atoms with van der Waals surface area (Å²) in [5.74, 6) is 0.477. The number of anilines is 1. The molecule has 1 aromatic heterocycles. The molecule has 1 aliphatic rings. The van der Waals surface area contributed by atoms with Crippen molar-refractivity contribution in [3.8, 4) is 6.07 Å². The van der Waals surface area contributed by atoms with E-state index in [-0.39, 0.29) is 24.7 Å². The largest absolute Gasteiger partial charge is 0.373 e. The zero-order valence-electron chi connectivity index (χ0n) is 17.0. The Hall–Kier alpha value is -2.62. The molecule has 0 unspecified atom stereocenters. The number of carbonyl (C=O) groups is 1. The van der Waals surface area contributed by atoms with E-state index in [1.165, 1.54) is 0 Å². The molecule has 28 heavy (non-hydrogen) atoms. The van der Waals surface area contributed by atoms with E-state index in [0.717, 1.165) is 29.9 Å². The topological polar surface area (TPSA) is 70.3 Å². The third-order valence-electron chi connectivity index (χ3n) is 5.24. The molecule has 1 fully saturated rings. The minimum Gasteiger partial charge on any atom is -0.373 e. The highest BCUT2D eigenvalue weighted by Crippen LogP contribution is 2.27.